The molecular weight excluding hydrogens is 1240 g/mol. The third-order valence-corrected chi connectivity index (χ3v) is 17.4. The molecule has 1 fully saturated rings. The molecule has 0 spiro atoms. The first kappa shape index (κ1) is 83.6. The second-order valence-electron chi connectivity index (χ2n) is 27.9. The van der Waals surface area contributed by atoms with Crippen molar-refractivity contribution in [3.63, 3.8) is 0 Å². The van der Waals surface area contributed by atoms with E-state index in [-0.39, 0.29) is 60.4 Å². The van der Waals surface area contributed by atoms with Crippen molar-refractivity contribution >= 4 is 89.1 Å². The maximum Gasteiger partial charge on any atom is 0.333 e. The zero-order chi connectivity index (χ0) is 73.1. The third kappa shape index (κ3) is 23.7. The van der Waals surface area contributed by atoms with Crippen LogP contribution < -0.4 is 26.1 Å². The molecule has 1 saturated heterocycles. The zero-order valence-electron chi connectivity index (χ0n) is 60.8. The number of nitrogens with zero attached hydrogens (tertiary/aromatic N) is 8. The number of pyridine rings is 1. The summed E-state index contributed by atoms with van der Waals surface area (Å²) in [6.45, 7) is 27.8. The summed E-state index contributed by atoms with van der Waals surface area (Å²) in [5.74, 6) is -13.2. The molecule has 0 aliphatic carbocycles. The van der Waals surface area contributed by atoms with E-state index in [9.17, 15) is 43.2 Å². The minimum absolute atomic E-state index is 0.0698. The number of nitrogens with one attached hydrogen (secondary N) is 4. The number of rotatable bonds is 17. The molecule has 1 aliphatic rings. The number of esters is 1. The van der Waals surface area contributed by atoms with Crippen molar-refractivity contribution in [1.82, 2.24) is 60.3 Å². The van der Waals surface area contributed by atoms with E-state index in [1.807, 2.05) is 55.4 Å². The molecule has 2 rings (SSSR count). The summed E-state index contributed by atoms with van der Waals surface area (Å²) in [7, 11) is 9.57. The Kier molecular flexibility index (Phi) is 33.2. The smallest absolute Gasteiger partial charge is 0.333 e. The van der Waals surface area contributed by atoms with E-state index in [4.69, 9.17) is 21.8 Å². The number of amides is 11. The van der Waals surface area contributed by atoms with Gasteiger partial charge in [-0.1, -0.05) is 115 Å². The number of ether oxygens (including phenoxy) is 1. The molecule has 0 aromatic carbocycles. The van der Waals surface area contributed by atoms with Crippen LogP contribution in [0.5, 0.6) is 0 Å². The van der Waals surface area contributed by atoms with Gasteiger partial charge in [-0.05, 0) is 93.6 Å². The van der Waals surface area contributed by atoms with Gasteiger partial charge in [-0.2, -0.15) is 4.73 Å². The van der Waals surface area contributed by atoms with Crippen molar-refractivity contribution in [3.05, 3.63) is 29.0 Å². The van der Waals surface area contributed by atoms with E-state index >= 15 is 19.2 Å². The van der Waals surface area contributed by atoms with Gasteiger partial charge in [0.05, 0.1) is 13.0 Å². The lowest BCUT2D eigenvalue weighted by atomic mass is 9.91. The highest BCUT2D eigenvalue weighted by Gasteiger charge is 2.47. The average molecular weight is 1360 g/mol. The monoisotopic (exact) mass is 1360 g/mol. The fraction of sp³-hybridized carbons (Fsp3) is 0.731. The molecule has 0 radical (unpaired) electrons. The largest absolute Gasteiger partial charge is 0.459 e. The Morgan fingerprint density at radius 2 is 0.968 bits per heavy atom. The molecule has 12 atom stereocenters. The van der Waals surface area contributed by atoms with Gasteiger partial charge in [0.1, 0.15) is 71.2 Å². The van der Waals surface area contributed by atoms with Crippen molar-refractivity contribution in [1.29, 1.82) is 0 Å². The maximum atomic E-state index is 15.6. The van der Waals surface area contributed by atoms with Gasteiger partial charge in [0, 0.05) is 68.4 Å². The Morgan fingerprint density at radius 1 is 0.516 bits per heavy atom. The summed E-state index contributed by atoms with van der Waals surface area (Å²) in [6.07, 6.45) is -0.462. The lowest BCUT2D eigenvalue weighted by Crippen LogP contribution is -2.64. The SMILES string of the molecule is CC[C@@H]1NC(=O)[C@H]([C@H](OC(C)=O)[C@H](C)CC(=O)On2ccccc2=S)N(C)C(=O)[C@H](C(C)C)N(C)C(=O)[C@H](CC(C)C)N(C)C(=O)[C@H](CC(C)C)N(C)C(=O)[C@@H](C)NC(=O)[C@H](C)NC(=O)[C@H](CC(C)C)N(C)C(=O)[C@H](C(C)C)NC(=O)[C@H](CC(C)C)N(C)C(=O)CN(C)C1=O. The first-order chi connectivity index (χ1) is 43.9. The topological polar surface area (TPSA) is 316 Å². The standard InChI is InChI=1S/C67H112N12O15S/c1-25-46-63(88)72(18)35-51(81)73(19)47(30-36(2)3)60(85)71-54(40(10)11)66(91)74(20)48(31-37(4)5)59(84)68-43(15)58(83)69-44(16)62(87)75(21)49(32-38(6)7)64(89)76(22)50(33-39(8)9)65(90)77(23)55(41(12)13)67(92)78(24)56(61(86)70-46)57(93-45(17)80)42(14)34-53(82)94-79-29-27-26-28-52(79)95/h26-29,36-44,46-50,54-57H,25,30-35H2,1-24H3,(H,68,84)(H,69,83)(H,70,86)(H,71,85)/t42-,43+,44-,46+,47+,48+,49+,50+,54+,55+,56+,57-/m1/s1. The van der Waals surface area contributed by atoms with Crippen molar-refractivity contribution in [2.24, 2.45) is 41.4 Å². The average Bonchev–Trinajstić information content (AvgIpc) is 0.803. The summed E-state index contributed by atoms with van der Waals surface area (Å²) in [5, 5.41) is 10.9. The van der Waals surface area contributed by atoms with Gasteiger partial charge in [0.25, 0.3) is 0 Å². The van der Waals surface area contributed by atoms with Gasteiger partial charge < -0.3 is 65.1 Å². The zero-order valence-corrected chi connectivity index (χ0v) is 61.6. The van der Waals surface area contributed by atoms with Crippen LogP contribution in [-0.2, 0) is 67.1 Å². The number of aromatic nitrogens is 1. The molecule has 0 saturated carbocycles. The highest BCUT2D eigenvalue weighted by atomic mass is 32.1. The van der Waals surface area contributed by atoms with E-state index in [2.05, 4.69) is 21.3 Å². The molecule has 11 amide bonds. The van der Waals surface area contributed by atoms with Gasteiger partial charge in [0.15, 0.2) is 0 Å². The minimum atomic E-state index is -1.86. The Balaban J connectivity index is 3.09. The molecule has 4 N–H and O–H groups in total. The summed E-state index contributed by atoms with van der Waals surface area (Å²) in [5.41, 5.74) is 0. The van der Waals surface area contributed by atoms with Crippen LogP contribution in [0.15, 0.2) is 24.4 Å². The maximum absolute atomic E-state index is 15.6. The summed E-state index contributed by atoms with van der Waals surface area (Å²) >= 11 is 5.33. The number of likely N-dealkylation sites (N-methyl/N-ethyl adjacent to an activating group) is 7. The number of carbonyl (C=O) groups is 13. The second kappa shape index (κ2) is 37.7. The lowest BCUT2D eigenvalue weighted by molar-refractivity contribution is -0.166. The van der Waals surface area contributed by atoms with Crippen molar-refractivity contribution < 1.29 is 71.9 Å². The van der Waals surface area contributed by atoms with E-state index in [1.165, 1.54) is 107 Å². The van der Waals surface area contributed by atoms with Crippen molar-refractivity contribution in [3.8, 4) is 0 Å². The third-order valence-electron chi connectivity index (χ3n) is 17.1. The lowest BCUT2D eigenvalue weighted by Gasteiger charge is -2.42. The number of carbonyl (C=O) groups excluding carboxylic acids is 13. The van der Waals surface area contributed by atoms with E-state index < -0.39 is 174 Å². The van der Waals surface area contributed by atoms with Crippen LogP contribution in [0, 0.1) is 46.1 Å². The van der Waals surface area contributed by atoms with Crippen LogP contribution in [0.25, 0.3) is 0 Å². The Bertz CT molecular complexity index is 2940. The van der Waals surface area contributed by atoms with E-state index in [1.54, 1.807) is 46.8 Å². The highest BCUT2D eigenvalue weighted by molar-refractivity contribution is 7.71. The van der Waals surface area contributed by atoms with E-state index in [0.717, 1.165) is 21.5 Å². The number of hydrogen-bond acceptors (Lipinski definition) is 16. The molecule has 0 unspecified atom stereocenters. The van der Waals surface area contributed by atoms with Crippen LogP contribution in [-0.4, -0.2) is 238 Å². The van der Waals surface area contributed by atoms with Gasteiger partial charge in [-0.25, -0.2) is 4.79 Å². The Hall–Kier alpha value is -7.52. The molecule has 536 valence electrons. The van der Waals surface area contributed by atoms with Gasteiger partial charge in [-0.15, -0.1) is 0 Å². The van der Waals surface area contributed by atoms with Crippen LogP contribution in [0.4, 0.5) is 0 Å². The van der Waals surface area contributed by atoms with Crippen LogP contribution in [0.2, 0.25) is 0 Å². The van der Waals surface area contributed by atoms with Gasteiger partial charge in [0.2, 0.25) is 65.0 Å². The Labute approximate surface area is 568 Å². The fourth-order valence-corrected chi connectivity index (χ4v) is 11.7. The molecule has 95 heavy (non-hydrogen) atoms. The predicted octanol–water partition coefficient (Wildman–Crippen LogP) is 3.45. The van der Waals surface area contributed by atoms with Crippen LogP contribution in [0.3, 0.4) is 0 Å². The highest BCUT2D eigenvalue weighted by Crippen LogP contribution is 2.27. The molecule has 1 aliphatic heterocycles. The first-order valence-electron chi connectivity index (χ1n) is 33.0. The van der Waals surface area contributed by atoms with Crippen molar-refractivity contribution in [2.45, 2.75) is 223 Å². The second-order valence-corrected chi connectivity index (χ2v) is 28.3. The summed E-state index contributed by atoms with van der Waals surface area (Å²) in [6, 6.07) is -8.55. The molecule has 27 nitrogen and oxygen atoms in total. The Morgan fingerprint density at radius 3 is 1.44 bits per heavy atom. The van der Waals surface area contributed by atoms with Crippen LogP contribution in [0.1, 0.15) is 156 Å². The van der Waals surface area contributed by atoms with E-state index in [0.29, 0.717) is 0 Å². The molecule has 2 heterocycles. The molecule has 28 heteroatoms. The molecule has 1 aromatic rings. The molecular formula is C67H112N12O15S. The normalized spacial score (nSPS) is 25.0. The van der Waals surface area contributed by atoms with Gasteiger partial charge >= 0.3 is 11.9 Å². The summed E-state index contributed by atoms with van der Waals surface area (Å²) < 4.78 is 7.09. The van der Waals surface area contributed by atoms with Crippen molar-refractivity contribution in [2.75, 3.05) is 55.9 Å². The number of hydrogen-bond donors (Lipinski definition) is 4. The predicted molar refractivity (Wildman–Crippen MR) is 360 cm³/mol. The summed E-state index contributed by atoms with van der Waals surface area (Å²) in [4.78, 5) is 203. The minimum Gasteiger partial charge on any atom is -0.459 e. The first-order valence-corrected chi connectivity index (χ1v) is 33.5. The van der Waals surface area contributed by atoms with Gasteiger partial charge in [-0.3, -0.25) is 57.5 Å². The fourth-order valence-electron chi connectivity index (χ4n) is 11.6. The molecule has 1 aromatic heterocycles. The van der Waals surface area contributed by atoms with Crippen LogP contribution >= 0.6 is 12.2 Å². The molecule has 0 bridgehead atoms. The quantitative estimate of drug-likeness (QED) is 0.128.